The molecule has 0 atom stereocenters. The van der Waals surface area contributed by atoms with Crippen LogP contribution in [-0.2, 0) is 19.6 Å². The molecule has 3 rings (SSSR count). The first-order chi connectivity index (χ1) is 14.3. The molecule has 10 heteroatoms. The first-order valence-electron chi connectivity index (χ1n) is 9.76. The third kappa shape index (κ3) is 4.15. The standard InChI is InChI=1S/C20H27N3O6S/c1-4-9-21-12-13-23(20(25)19(21)24)15-7-10-22(11-8-15)30(26,27)18-14-16(28-2)5-6-17(18)29-3/h4-6,14-15H,1,7-13H2,2-3H3. The molecule has 2 fully saturated rings. The van der Waals surface area contributed by atoms with Gasteiger partial charge in [0.1, 0.15) is 16.4 Å². The number of amides is 2. The Morgan fingerprint density at radius 2 is 1.77 bits per heavy atom. The van der Waals surface area contributed by atoms with Gasteiger partial charge < -0.3 is 19.3 Å². The Bertz CT molecular complexity index is 924. The first kappa shape index (κ1) is 22.1. The van der Waals surface area contributed by atoms with Crippen LogP contribution in [0.5, 0.6) is 11.5 Å². The summed E-state index contributed by atoms with van der Waals surface area (Å²) in [4.78, 5) is 27.9. The monoisotopic (exact) mass is 437 g/mol. The molecule has 9 nitrogen and oxygen atoms in total. The van der Waals surface area contributed by atoms with Crippen molar-refractivity contribution in [3.63, 3.8) is 0 Å². The van der Waals surface area contributed by atoms with Crippen molar-refractivity contribution in [2.75, 3.05) is 46.9 Å². The summed E-state index contributed by atoms with van der Waals surface area (Å²) < 4.78 is 38.2. The Balaban J connectivity index is 1.70. The van der Waals surface area contributed by atoms with Crippen molar-refractivity contribution < 1.29 is 27.5 Å². The van der Waals surface area contributed by atoms with Gasteiger partial charge in [0.15, 0.2) is 0 Å². The third-order valence-electron chi connectivity index (χ3n) is 5.54. The maximum atomic E-state index is 13.2. The minimum absolute atomic E-state index is 0.0482. The molecule has 0 N–H and O–H groups in total. The molecule has 1 aromatic rings. The number of rotatable bonds is 7. The van der Waals surface area contributed by atoms with Crippen LogP contribution in [0.15, 0.2) is 35.7 Å². The number of methoxy groups -OCH3 is 2. The van der Waals surface area contributed by atoms with Crippen LogP contribution in [0.25, 0.3) is 0 Å². The fraction of sp³-hybridized carbons (Fsp3) is 0.500. The number of hydrogen-bond acceptors (Lipinski definition) is 6. The molecule has 2 saturated heterocycles. The second-order valence-electron chi connectivity index (χ2n) is 7.19. The van der Waals surface area contributed by atoms with Gasteiger partial charge in [-0.3, -0.25) is 9.59 Å². The van der Waals surface area contributed by atoms with Gasteiger partial charge in [0.2, 0.25) is 10.0 Å². The fourth-order valence-electron chi connectivity index (χ4n) is 3.89. The lowest BCUT2D eigenvalue weighted by Gasteiger charge is -2.41. The number of hydrogen-bond donors (Lipinski definition) is 0. The zero-order valence-electron chi connectivity index (χ0n) is 17.2. The first-order valence-corrected chi connectivity index (χ1v) is 11.2. The van der Waals surface area contributed by atoms with Gasteiger partial charge in [-0.15, -0.1) is 6.58 Å². The molecular formula is C20H27N3O6S. The molecule has 0 radical (unpaired) electrons. The van der Waals surface area contributed by atoms with Gasteiger partial charge in [-0.25, -0.2) is 8.42 Å². The summed E-state index contributed by atoms with van der Waals surface area (Å²) in [6.07, 6.45) is 2.52. The summed E-state index contributed by atoms with van der Waals surface area (Å²) in [6.45, 7) is 5.35. The normalized spacial score (nSPS) is 19.1. The van der Waals surface area contributed by atoms with Gasteiger partial charge in [-0.1, -0.05) is 6.08 Å². The number of piperazine rings is 1. The highest BCUT2D eigenvalue weighted by Crippen LogP contribution is 2.32. The van der Waals surface area contributed by atoms with E-state index in [4.69, 9.17) is 9.47 Å². The number of nitrogens with zero attached hydrogens (tertiary/aromatic N) is 3. The quantitative estimate of drug-likeness (QED) is 0.461. The van der Waals surface area contributed by atoms with Crippen LogP contribution in [0.3, 0.4) is 0 Å². The van der Waals surface area contributed by atoms with E-state index in [-0.39, 0.29) is 29.8 Å². The lowest BCUT2D eigenvalue weighted by molar-refractivity contribution is -0.157. The van der Waals surface area contributed by atoms with Crippen LogP contribution in [0.2, 0.25) is 0 Å². The van der Waals surface area contributed by atoms with Gasteiger partial charge in [0.05, 0.1) is 14.2 Å². The highest BCUT2D eigenvalue weighted by atomic mass is 32.2. The van der Waals surface area contributed by atoms with E-state index in [1.807, 2.05) is 0 Å². The average Bonchev–Trinajstić information content (AvgIpc) is 2.77. The van der Waals surface area contributed by atoms with Crippen molar-refractivity contribution in [1.29, 1.82) is 0 Å². The van der Waals surface area contributed by atoms with Gasteiger partial charge in [0, 0.05) is 44.8 Å². The minimum atomic E-state index is -3.79. The molecule has 0 unspecified atom stereocenters. The predicted molar refractivity (Wildman–Crippen MR) is 110 cm³/mol. The number of carbonyl (C=O) groups excluding carboxylic acids is 2. The van der Waals surface area contributed by atoms with Crippen molar-refractivity contribution in [3.05, 3.63) is 30.9 Å². The van der Waals surface area contributed by atoms with Crippen LogP contribution >= 0.6 is 0 Å². The zero-order chi connectivity index (χ0) is 21.9. The molecule has 30 heavy (non-hydrogen) atoms. The Labute approximate surface area is 176 Å². The topological polar surface area (TPSA) is 96.5 Å². The predicted octanol–water partition coefficient (Wildman–Crippen LogP) is 0.714. The van der Waals surface area contributed by atoms with E-state index < -0.39 is 21.8 Å². The third-order valence-corrected chi connectivity index (χ3v) is 7.46. The van der Waals surface area contributed by atoms with Crippen LogP contribution in [0.4, 0.5) is 0 Å². The lowest BCUT2D eigenvalue weighted by atomic mass is 10.0. The van der Waals surface area contributed by atoms with Crippen LogP contribution in [0.1, 0.15) is 12.8 Å². The molecule has 2 heterocycles. The smallest absolute Gasteiger partial charge is 0.312 e. The van der Waals surface area contributed by atoms with Crippen molar-refractivity contribution in [3.8, 4) is 11.5 Å². The second kappa shape index (κ2) is 9.05. The number of ether oxygens (including phenoxy) is 2. The molecule has 2 aliphatic rings. The van der Waals surface area contributed by atoms with Crippen molar-refractivity contribution in [2.45, 2.75) is 23.8 Å². The highest BCUT2D eigenvalue weighted by Gasteiger charge is 2.39. The van der Waals surface area contributed by atoms with Gasteiger partial charge in [-0.05, 0) is 25.0 Å². The number of carbonyl (C=O) groups is 2. The van der Waals surface area contributed by atoms with E-state index in [0.29, 0.717) is 38.2 Å². The Hall–Kier alpha value is -2.59. The highest BCUT2D eigenvalue weighted by molar-refractivity contribution is 7.89. The molecule has 0 aromatic heterocycles. The molecule has 2 aliphatic heterocycles. The van der Waals surface area contributed by atoms with Gasteiger partial charge >= 0.3 is 11.8 Å². The molecule has 0 bridgehead atoms. The van der Waals surface area contributed by atoms with Crippen LogP contribution in [0, 0.1) is 0 Å². The molecular weight excluding hydrogens is 410 g/mol. The summed E-state index contributed by atoms with van der Waals surface area (Å²) in [6, 6.07) is 4.48. The summed E-state index contributed by atoms with van der Waals surface area (Å²) in [5, 5.41) is 0. The summed E-state index contributed by atoms with van der Waals surface area (Å²) >= 11 is 0. The number of benzene rings is 1. The number of piperidine rings is 1. The van der Waals surface area contributed by atoms with Crippen LogP contribution < -0.4 is 9.47 Å². The van der Waals surface area contributed by atoms with Crippen molar-refractivity contribution in [1.82, 2.24) is 14.1 Å². The lowest BCUT2D eigenvalue weighted by Crippen LogP contribution is -2.59. The molecule has 1 aromatic carbocycles. The molecule has 0 spiro atoms. The molecule has 164 valence electrons. The summed E-state index contributed by atoms with van der Waals surface area (Å²) in [5.74, 6) is -0.390. The SMILES string of the molecule is C=CCN1CCN(C2CCN(S(=O)(=O)c3cc(OC)ccc3OC)CC2)C(=O)C1=O. The Kier molecular flexibility index (Phi) is 6.67. The Morgan fingerprint density at radius 3 is 2.37 bits per heavy atom. The van der Waals surface area contributed by atoms with E-state index in [1.54, 1.807) is 23.1 Å². The van der Waals surface area contributed by atoms with Crippen molar-refractivity contribution >= 4 is 21.8 Å². The summed E-state index contributed by atoms with van der Waals surface area (Å²) in [7, 11) is -0.906. The number of sulfonamides is 1. The van der Waals surface area contributed by atoms with Crippen LogP contribution in [-0.4, -0.2) is 87.3 Å². The van der Waals surface area contributed by atoms with E-state index in [2.05, 4.69) is 6.58 Å². The molecule has 0 aliphatic carbocycles. The maximum Gasteiger partial charge on any atom is 0.312 e. The minimum Gasteiger partial charge on any atom is -0.497 e. The van der Waals surface area contributed by atoms with E-state index in [0.717, 1.165) is 0 Å². The molecule has 2 amide bonds. The zero-order valence-corrected chi connectivity index (χ0v) is 18.1. The largest absolute Gasteiger partial charge is 0.497 e. The average molecular weight is 438 g/mol. The van der Waals surface area contributed by atoms with E-state index in [9.17, 15) is 18.0 Å². The summed E-state index contributed by atoms with van der Waals surface area (Å²) in [5.41, 5.74) is 0. The van der Waals surface area contributed by atoms with E-state index >= 15 is 0 Å². The second-order valence-corrected chi connectivity index (χ2v) is 9.10. The van der Waals surface area contributed by atoms with E-state index in [1.165, 1.54) is 29.5 Å². The van der Waals surface area contributed by atoms with Gasteiger partial charge in [-0.2, -0.15) is 4.31 Å². The Morgan fingerprint density at radius 1 is 1.07 bits per heavy atom. The van der Waals surface area contributed by atoms with Gasteiger partial charge in [0.25, 0.3) is 0 Å². The maximum absolute atomic E-state index is 13.2. The molecule has 0 saturated carbocycles. The van der Waals surface area contributed by atoms with Crippen molar-refractivity contribution in [2.24, 2.45) is 0 Å². The fourth-order valence-corrected chi connectivity index (χ4v) is 5.53.